The van der Waals surface area contributed by atoms with Crippen LogP contribution in [0.15, 0.2) is 48.5 Å². The first-order valence-corrected chi connectivity index (χ1v) is 7.28. The number of rotatable bonds is 6. The van der Waals surface area contributed by atoms with Crippen LogP contribution in [0.5, 0.6) is 11.5 Å². The Morgan fingerprint density at radius 3 is 2.57 bits per heavy atom. The van der Waals surface area contributed by atoms with Gasteiger partial charge in [-0.1, -0.05) is 6.07 Å². The molecular formula is C18H20N2O3. The van der Waals surface area contributed by atoms with Crippen molar-refractivity contribution in [3.8, 4) is 11.5 Å². The van der Waals surface area contributed by atoms with Crippen LogP contribution in [0, 0.1) is 0 Å². The van der Waals surface area contributed by atoms with Crippen LogP contribution in [0.3, 0.4) is 0 Å². The lowest BCUT2D eigenvalue weighted by atomic mass is 10.2. The Balaban J connectivity index is 2.04. The average molecular weight is 312 g/mol. The molecule has 2 aromatic rings. The van der Waals surface area contributed by atoms with Gasteiger partial charge in [0.2, 0.25) is 5.91 Å². The third kappa shape index (κ3) is 4.78. The first-order valence-electron chi connectivity index (χ1n) is 7.28. The van der Waals surface area contributed by atoms with Gasteiger partial charge in [-0.3, -0.25) is 4.79 Å². The second-order valence-corrected chi connectivity index (χ2v) is 4.79. The van der Waals surface area contributed by atoms with E-state index in [1.165, 1.54) is 6.08 Å². The highest BCUT2D eigenvalue weighted by molar-refractivity contribution is 6.02. The standard InChI is InChI=1S/C18H20N2O3/c1-3-23-16-10-4-13(12-17(16)22-2)5-11-18(21)20-15-8-6-14(19)7-9-15/h4-12H,3,19H2,1-2H3,(H,20,21)/b11-5+. The lowest BCUT2D eigenvalue weighted by Gasteiger charge is -2.09. The van der Waals surface area contributed by atoms with Crippen LogP contribution in [0.4, 0.5) is 11.4 Å². The van der Waals surface area contributed by atoms with Crippen molar-refractivity contribution < 1.29 is 14.3 Å². The van der Waals surface area contributed by atoms with Crippen molar-refractivity contribution >= 4 is 23.4 Å². The van der Waals surface area contributed by atoms with Gasteiger partial charge in [-0.2, -0.15) is 0 Å². The highest BCUT2D eigenvalue weighted by Gasteiger charge is 2.04. The quantitative estimate of drug-likeness (QED) is 0.634. The Kier molecular flexibility index (Phi) is 5.63. The fourth-order valence-corrected chi connectivity index (χ4v) is 1.98. The monoisotopic (exact) mass is 312 g/mol. The second kappa shape index (κ2) is 7.89. The molecule has 0 spiro atoms. The molecule has 0 aliphatic heterocycles. The summed E-state index contributed by atoms with van der Waals surface area (Å²) < 4.78 is 10.7. The molecule has 0 bridgehead atoms. The minimum absolute atomic E-state index is 0.220. The second-order valence-electron chi connectivity index (χ2n) is 4.79. The maximum absolute atomic E-state index is 11.9. The van der Waals surface area contributed by atoms with Crippen LogP contribution in [0.25, 0.3) is 6.08 Å². The molecule has 0 unspecified atom stereocenters. The number of anilines is 2. The number of methoxy groups -OCH3 is 1. The van der Waals surface area contributed by atoms with Gasteiger partial charge >= 0.3 is 0 Å². The molecule has 2 rings (SSSR count). The van der Waals surface area contributed by atoms with E-state index in [4.69, 9.17) is 15.2 Å². The van der Waals surface area contributed by atoms with E-state index in [-0.39, 0.29) is 5.91 Å². The number of hydrogen-bond donors (Lipinski definition) is 2. The van der Waals surface area contributed by atoms with Crippen molar-refractivity contribution in [3.05, 3.63) is 54.1 Å². The van der Waals surface area contributed by atoms with Gasteiger partial charge in [0.25, 0.3) is 0 Å². The van der Waals surface area contributed by atoms with Crippen molar-refractivity contribution in [1.29, 1.82) is 0 Å². The third-order valence-corrected chi connectivity index (χ3v) is 3.09. The van der Waals surface area contributed by atoms with Crippen molar-refractivity contribution in [2.24, 2.45) is 0 Å². The van der Waals surface area contributed by atoms with Crippen molar-refractivity contribution in [2.45, 2.75) is 6.92 Å². The Hall–Kier alpha value is -2.95. The summed E-state index contributed by atoms with van der Waals surface area (Å²) in [5, 5.41) is 2.76. The average Bonchev–Trinajstić information content (AvgIpc) is 2.56. The molecule has 0 aromatic heterocycles. The van der Waals surface area contributed by atoms with Crippen LogP contribution in [-0.4, -0.2) is 19.6 Å². The first-order chi connectivity index (χ1) is 11.1. The van der Waals surface area contributed by atoms with E-state index in [0.29, 0.717) is 29.5 Å². The number of carbonyl (C=O) groups excluding carboxylic acids is 1. The van der Waals surface area contributed by atoms with Crippen LogP contribution in [0.2, 0.25) is 0 Å². The highest BCUT2D eigenvalue weighted by atomic mass is 16.5. The molecule has 0 saturated heterocycles. The summed E-state index contributed by atoms with van der Waals surface area (Å²) in [4.78, 5) is 11.9. The van der Waals surface area contributed by atoms with E-state index >= 15 is 0 Å². The maximum Gasteiger partial charge on any atom is 0.248 e. The van der Waals surface area contributed by atoms with Gasteiger partial charge in [0.05, 0.1) is 13.7 Å². The summed E-state index contributed by atoms with van der Waals surface area (Å²) >= 11 is 0. The Bertz CT molecular complexity index is 694. The maximum atomic E-state index is 11.9. The minimum Gasteiger partial charge on any atom is -0.493 e. The van der Waals surface area contributed by atoms with Crippen LogP contribution >= 0.6 is 0 Å². The van der Waals surface area contributed by atoms with Gasteiger partial charge in [0, 0.05) is 17.5 Å². The number of nitrogens with two attached hydrogens (primary N) is 1. The molecule has 2 aromatic carbocycles. The van der Waals surface area contributed by atoms with E-state index < -0.39 is 0 Å². The molecular weight excluding hydrogens is 292 g/mol. The number of benzene rings is 2. The van der Waals surface area contributed by atoms with Crippen LogP contribution in [-0.2, 0) is 4.79 Å². The third-order valence-electron chi connectivity index (χ3n) is 3.09. The molecule has 1 amide bonds. The van der Waals surface area contributed by atoms with Gasteiger partial charge in [-0.25, -0.2) is 0 Å². The van der Waals surface area contributed by atoms with Crippen LogP contribution < -0.4 is 20.5 Å². The molecule has 0 atom stereocenters. The number of hydrogen-bond acceptors (Lipinski definition) is 4. The van der Waals surface area contributed by atoms with E-state index in [0.717, 1.165) is 5.56 Å². The highest BCUT2D eigenvalue weighted by Crippen LogP contribution is 2.28. The molecule has 3 N–H and O–H groups in total. The summed E-state index contributed by atoms with van der Waals surface area (Å²) in [6.07, 6.45) is 3.18. The minimum atomic E-state index is -0.220. The Morgan fingerprint density at radius 1 is 1.17 bits per heavy atom. The number of amides is 1. The molecule has 0 heterocycles. The molecule has 0 fully saturated rings. The SMILES string of the molecule is CCOc1ccc(/C=C/C(=O)Nc2ccc(N)cc2)cc1OC. The summed E-state index contributed by atoms with van der Waals surface area (Å²) in [6, 6.07) is 12.5. The van der Waals surface area contributed by atoms with Crippen molar-refractivity contribution in [1.82, 2.24) is 0 Å². The van der Waals surface area contributed by atoms with Gasteiger partial charge < -0.3 is 20.5 Å². The summed E-state index contributed by atoms with van der Waals surface area (Å²) in [5.74, 6) is 1.09. The fourth-order valence-electron chi connectivity index (χ4n) is 1.98. The predicted octanol–water partition coefficient (Wildman–Crippen LogP) is 3.33. The zero-order valence-corrected chi connectivity index (χ0v) is 13.2. The molecule has 0 aliphatic carbocycles. The molecule has 5 heteroatoms. The predicted molar refractivity (Wildman–Crippen MR) is 92.7 cm³/mol. The number of nitrogen functional groups attached to an aromatic ring is 1. The van der Waals surface area contributed by atoms with E-state index in [2.05, 4.69) is 5.32 Å². The van der Waals surface area contributed by atoms with Crippen molar-refractivity contribution in [3.63, 3.8) is 0 Å². The normalized spacial score (nSPS) is 10.5. The molecule has 120 valence electrons. The first kappa shape index (κ1) is 16.4. The van der Waals surface area contributed by atoms with E-state index in [1.54, 1.807) is 37.5 Å². The smallest absolute Gasteiger partial charge is 0.248 e. The molecule has 0 saturated carbocycles. The Labute approximate surface area is 135 Å². The molecule has 5 nitrogen and oxygen atoms in total. The number of nitrogens with one attached hydrogen (secondary N) is 1. The van der Waals surface area contributed by atoms with E-state index in [1.807, 2.05) is 25.1 Å². The molecule has 0 radical (unpaired) electrons. The Morgan fingerprint density at radius 2 is 1.91 bits per heavy atom. The topological polar surface area (TPSA) is 73.6 Å². The van der Waals surface area contributed by atoms with Gasteiger partial charge in [0.15, 0.2) is 11.5 Å². The fraction of sp³-hybridized carbons (Fsp3) is 0.167. The van der Waals surface area contributed by atoms with Crippen molar-refractivity contribution in [2.75, 3.05) is 24.8 Å². The van der Waals surface area contributed by atoms with E-state index in [9.17, 15) is 4.79 Å². The zero-order chi connectivity index (χ0) is 16.7. The van der Waals surface area contributed by atoms with Gasteiger partial charge in [-0.15, -0.1) is 0 Å². The summed E-state index contributed by atoms with van der Waals surface area (Å²) in [6.45, 7) is 2.48. The summed E-state index contributed by atoms with van der Waals surface area (Å²) in [7, 11) is 1.58. The lowest BCUT2D eigenvalue weighted by Crippen LogP contribution is -2.07. The van der Waals surface area contributed by atoms with Gasteiger partial charge in [-0.05, 0) is 55.0 Å². The van der Waals surface area contributed by atoms with Gasteiger partial charge in [0.1, 0.15) is 0 Å². The molecule has 0 aliphatic rings. The largest absolute Gasteiger partial charge is 0.493 e. The number of ether oxygens (including phenoxy) is 2. The van der Waals surface area contributed by atoms with Crippen LogP contribution in [0.1, 0.15) is 12.5 Å². The zero-order valence-electron chi connectivity index (χ0n) is 13.2. The number of carbonyl (C=O) groups is 1. The lowest BCUT2D eigenvalue weighted by molar-refractivity contribution is -0.111. The summed E-state index contributed by atoms with van der Waals surface area (Å²) in [5.41, 5.74) is 7.80. The molecule has 23 heavy (non-hydrogen) atoms.